The number of aryl methyl sites for hydroxylation is 2. The summed E-state index contributed by atoms with van der Waals surface area (Å²) in [5.41, 5.74) is 1.21. The molecule has 0 saturated carbocycles. The van der Waals surface area contributed by atoms with Gasteiger partial charge in [0.25, 0.3) is 5.56 Å². The van der Waals surface area contributed by atoms with E-state index in [9.17, 15) is 18.7 Å². The molecule has 0 aliphatic heterocycles. The summed E-state index contributed by atoms with van der Waals surface area (Å²) in [5.74, 6) is -0.820. The summed E-state index contributed by atoms with van der Waals surface area (Å²) in [6, 6.07) is 10.4. The molecule has 0 aliphatic rings. The molecule has 7 nitrogen and oxygen atoms in total. The minimum Gasteiger partial charge on any atom is -0.472 e. The quantitative estimate of drug-likeness (QED) is 0.353. The Morgan fingerprint density at radius 2 is 1.83 bits per heavy atom. The second-order valence-electron chi connectivity index (χ2n) is 8.77. The van der Waals surface area contributed by atoms with E-state index in [1.807, 2.05) is 25.1 Å². The Labute approximate surface area is 214 Å². The fourth-order valence-electron chi connectivity index (χ4n) is 3.57. The Bertz CT molecular complexity index is 1520. The molecule has 0 bridgehead atoms. The largest absolute Gasteiger partial charge is 0.472 e. The van der Waals surface area contributed by atoms with E-state index < -0.39 is 22.8 Å². The van der Waals surface area contributed by atoms with Gasteiger partial charge in [0.1, 0.15) is 34.1 Å². The van der Waals surface area contributed by atoms with Crippen LogP contribution in [0.3, 0.4) is 0 Å². The number of ether oxygens (including phenoxy) is 1. The number of aliphatic hydroxyl groups is 1. The average Bonchev–Trinajstić information content (AvgIpc) is 2.82. The van der Waals surface area contributed by atoms with Gasteiger partial charge in [-0.15, -0.1) is 0 Å². The Morgan fingerprint density at radius 1 is 1.08 bits per heavy atom. The van der Waals surface area contributed by atoms with Crippen molar-refractivity contribution < 1.29 is 18.6 Å². The van der Waals surface area contributed by atoms with Crippen molar-refractivity contribution in [1.29, 1.82) is 0 Å². The Balaban J connectivity index is 1.72. The highest BCUT2D eigenvalue weighted by atomic mass is 79.9. The average molecular weight is 557 g/mol. The van der Waals surface area contributed by atoms with E-state index in [4.69, 9.17) is 4.74 Å². The first-order chi connectivity index (χ1) is 17.0. The Hall–Kier alpha value is -3.50. The van der Waals surface area contributed by atoms with Crippen LogP contribution < -0.4 is 10.3 Å². The lowest BCUT2D eigenvalue weighted by atomic mass is 10.1. The standard InChI is InChI=1S/C26H23BrF2N4O3/c1-14-5-6-16(20-9-10-30-25(32-20)26(3,4)35)11-21(14)33-15(2)31-23(22(27)24(33)34)36-13-17-7-8-18(28)12-19(17)29/h5-12,35H,13H2,1-4H3. The molecule has 0 saturated heterocycles. The van der Waals surface area contributed by atoms with Crippen molar-refractivity contribution in [2.24, 2.45) is 0 Å². The van der Waals surface area contributed by atoms with E-state index in [2.05, 4.69) is 30.9 Å². The van der Waals surface area contributed by atoms with Gasteiger partial charge >= 0.3 is 0 Å². The summed E-state index contributed by atoms with van der Waals surface area (Å²) in [6.45, 7) is 6.50. The number of aromatic nitrogens is 4. The third-order valence-corrected chi connectivity index (χ3v) is 6.17. The van der Waals surface area contributed by atoms with Crippen LogP contribution in [0.15, 0.2) is 57.9 Å². The van der Waals surface area contributed by atoms with Crippen LogP contribution in [0.2, 0.25) is 0 Å². The second kappa shape index (κ2) is 9.87. The van der Waals surface area contributed by atoms with E-state index in [1.54, 1.807) is 33.0 Å². The second-order valence-corrected chi connectivity index (χ2v) is 9.56. The lowest BCUT2D eigenvalue weighted by molar-refractivity contribution is 0.0688. The SMILES string of the molecule is Cc1ccc(-c2ccnc(C(C)(C)O)n2)cc1-n1c(C)nc(OCc2ccc(F)cc2F)c(Br)c1=O. The normalized spacial score (nSPS) is 11.6. The zero-order valence-corrected chi connectivity index (χ0v) is 21.6. The minimum absolute atomic E-state index is 0.00287. The molecule has 2 aromatic heterocycles. The summed E-state index contributed by atoms with van der Waals surface area (Å²) in [7, 11) is 0. The molecular formula is C26H23BrF2N4O3. The molecule has 0 radical (unpaired) electrons. The maximum Gasteiger partial charge on any atom is 0.276 e. The number of hydrogen-bond donors (Lipinski definition) is 1. The molecule has 10 heteroatoms. The molecule has 186 valence electrons. The molecule has 36 heavy (non-hydrogen) atoms. The molecule has 0 fully saturated rings. The van der Waals surface area contributed by atoms with Gasteiger partial charge < -0.3 is 9.84 Å². The van der Waals surface area contributed by atoms with Gasteiger partial charge in [0, 0.05) is 23.4 Å². The molecule has 0 spiro atoms. The van der Waals surface area contributed by atoms with E-state index in [1.165, 1.54) is 10.6 Å². The Morgan fingerprint density at radius 3 is 2.53 bits per heavy atom. The highest BCUT2D eigenvalue weighted by Gasteiger charge is 2.21. The van der Waals surface area contributed by atoms with Crippen LogP contribution in [0.25, 0.3) is 16.9 Å². The van der Waals surface area contributed by atoms with Gasteiger partial charge in [0.05, 0.1) is 11.4 Å². The number of nitrogens with zero attached hydrogens (tertiary/aromatic N) is 4. The summed E-state index contributed by atoms with van der Waals surface area (Å²) < 4.78 is 34.2. The van der Waals surface area contributed by atoms with Crippen LogP contribution in [0.5, 0.6) is 5.88 Å². The number of rotatable bonds is 6. The summed E-state index contributed by atoms with van der Waals surface area (Å²) in [5, 5.41) is 10.3. The molecule has 0 unspecified atom stereocenters. The van der Waals surface area contributed by atoms with Gasteiger partial charge in [-0.25, -0.2) is 18.7 Å². The molecule has 1 N–H and O–H groups in total. The van der Waals surface area contributed by atoms with Crippen molar-refractivity contribution >= 4 is 15.9 Å². The molecular weight excluding hydrogens is 534 g/mol. The summed E-state index contributed by atoms with van der Waals surface area (Å²) >= 11 is 3.26. The highest BCUT2D eigenvalue weighted by Crippen LogP contribution is 2.27. The Kier molecular flexibility index (Phi) is 7.01. The van der Waals surface area contributed by atoms with E-state index in [0.29, 0.717) is 17.2 Å². The maximum absolute atomic E-state index is 14.0. The summed E-state index contributed by atoms with van der Waals surface area (Å²) in [4.78, 5) is 26.4. The van der Waals surface area contributed by atoms with Gasteiger partial charge in [0.15, 0.2) is 5.82 Å². The highest BCUT2D eigenvalue weighted by molar-refractivity contribution is 9.10. The van der Waals surface area contributed by atoms with E-state index >= 15 is 0 Å². The van der Waals surface area contributed by atoms with Crippen LogP contribution in [-0.4, -0.2) is 24.6 Å². The first-order valence-corrected chi connectivity index (χ1v) is 11.8. The predicted octanol–water partition coefficient (Wildman–Crippen LogP) is 5.15. The fourth-order valence-corrected chi connectivity index (χ4v) is 3.95. The topological polar surface area (TPSA) is 90.1 Å². The molecule has 2 heterocycles. The van der Waals surface area contributed by atoms with E-state index in [-0.39, 0.29) is 28.3 Å². The van der Waals surface area contributed by atoms with Crippen molar-refractivity contribution in [1.82, 2.24) is 19.5 Å². The van der Waals surface area contributed by atoms with Crippen molar-refractivity contribution in [3.05, 3.63) is 97.9 Å². The van der Waals surface area contributed by atoms with Gasteiger partial charge in [-0.2, -0.15) is 4.98 Å². The van der Waals surface area contributed by atoms with Crippen LogP contribution in [0, 0.1) is 25.5 Å². The fraction of sp³-hybridized carbons (Fsp3) is 0.231. The van der Waals surface area contributed by atoms with Gasteiger partial charge in [-0.1, -0.05) is 12.1 Å². The number of benzene rings is 2. The van der Waals surface area contributed by atoms with Gasteiger partial charge in [0.2, 0.25) is 5.88 Å². The van der Waals surface area contributed by atoms with Gasteiger partial charge in [-0.3, -0.25) is 9.36 Å². The third kappa shape index (κ3) is 5.19. The number of halogens is 3. The van der Waals surface area contributed by atoms with Crippen molar-refractivity contribution in [2.75, 3.05) is 0 Å². The molecule has 4 rings (SSSR count). The maximum atomic E-state index is 14.0. The van der Waals surface area contributed by atoms with Crippen LogP contribution in [0.4, 0.5) is 8.78 Å². The van der Waals surface area contributed by atoms with Crippen molar-refractivity contribution in [3.63, 3.8) is 0 Å². The lowest BCUT2D eigenvalue weighted by Crippen LogP contribution is -2.24. The van der Waals surface area contributed by atoms with Crippen molar-refractivity contribution in [2.45, 2.75) is 39.9 Å². The molecule has 2 aromatic carbocycles. The predicted molar refractivity (Wildman–Crippen MR) is 134 cm³/mol. The molecule has 4 aromatic rings. The van der Waals surface area contributed by atoms with Crippen molar-refractivity contribution in [3.8, 4) is 22.8 Å². The van der Waals surface area contributed by atoms with Crippen LogP contribution in [0.1, 0.15) is 36.6 Å². The lowest BCUT2D eigenvalue weighted by Gasteiger charge is -2.17. The van der Waals surface area contributed by atoms with Gasteiger partial charge in [-0.05, 0) is 73.5 Å². The third-order valence-electron chi connectivity index (χ3n) is 5.49. The monoisotopic (exact) mass is 556 g/mol. The summed E-state index contributed by atoms with van der Waals surface area (Å²) in [6.07, 6.45) is 1.57. The molecule has 0 atom stereocenters. The molecule has 0 amide bonds. The zero-order chi connectivity index (χ0) is 26.2. The first-order valence-electron chi connectivity index (χ1n) is 11.0. The minimum atomic E-state index is -1.21. The first kappa shape index (κ1) is 25.6. The van der Waals surface area contributed by atoms with Crippen LogP contribution in [-0.2, 0) is 12.2 Å². The van der Waals surface area contributed by atoms with E-state index in [0.717, 1.165) is 23.3 Å². The smallest absolute Gasteiger partial charge is 0.276 e. The number of hydrogen-bond acceptors (Lipinski definition) is 6. The zero-order valence-electron chi connectivity index (χ0n) is 20.0. The van der Waals surface area contributed by atoms with Crippen LogP contribution >= 0.6 is 15.9 Å². The molecule has 0 aliphatic carbocycles.